The van der Waals surface area contributed by atoms with Gasteiger partial charge in [0.25, 0.3) is 0 Å². The molecule has 1 spiro atoms. The predicted octanol–water partition coefficient (Wildman–Crippen LogP) is 4.02. The van der Waals surface area contributed by atoms with E-state index in [1.165, 1.54) is 0 Å². The molecule has 0 saturated carbocycles. The van der Waals surface area contributed by atoms with E-state index in [-0.39, 0.29) is 43.5 Å². The zero-order valence-electron chi connectivity index (χ0n) is 27.1. The van der Waals surface area contributed by atoms with Gasteiger partial charge in [0.1, 0.15) is 5.54 Å². The minimum Gasteiger partial charge on any atom is -0.481 e. The molecule has 3 atom stereocenters. The third-order valence-corrected chi connectivity index (χ3v) is 9.70. The van der Waals surface area contributed by atoms with Gasteiger partial charge in [-0.05, 0) is 48.1 Å². The number of hydrogen-bond donors (Lipinski definition) is 4. The van der Waals surface area contributed by atoms with Gasteiger partial charge < -0.3 is 40.1 Å². The average Bonchev–Trinajstić information content (AvgIpc) is 3.43. The van der Waals surface area contributed by atoms with Crippen LogP contribution in [-0.2, 0) is 37.0 Å². The normalized spacial score (nSPS) is 22.4. The molecule has 254 valence electrons. The van der Waals surface area contributed by atoms with Crippen molar-refractivity contribution in [3.63, 3.8) is 0 Å². The molecule has 3 aliphatic heterocycles. The fourth-order valence-corrected chi connectivity index (χ4v) is 6.94. The third kappa shape index (κ3) is 7.87. The number of para-hydroxylation sites is 1. The van der Waals surface area contributed by atoms with Crippen LogP contribution in [-0.4, -0.2) is 70.8 Å². The number of likely N-dealkylation sites (tertiary alicyclic amines) is 1. The van der Waals surface area contributed by atoms with Crippen molar-refractivity contribution in [2.24, 2.45) is 0 Å². The molecule has 48 heavy (non-hydrogen) atoms. The molecule has 3 saturated heterocycles. The summed E-state index contributed by atoms with van der Waals surface area (Å²) >= 11 is 0. The van der Waals surface area contributed by atoms with Gasteiger partial charge in [0.05, 0.1) is 25.5 Å². The number of aliphatic hydroxyl groups excluding tert-OH is 1. The minimum absolute atomic E-state index is 0.0223. The number of ether oxygens (including phenoxy) is 2. The number of nitrogens with one attached hydrogen (secondary N) is 2. The number of nitrogens with zero attached hydrogens (tertiary/aromatic N) is 2. The number of carbonyl (C=O) groups is 3. The Kier molecular flexibility index (Phi) is 10.7. The second-order valence-electron chi connectivity index (χ2n) is 12.9. The Morgan fingerprint density at radius 2 is 1.58 bits per heavy atom. The van der Waals surface area contributed by atoms with Crippen molar-refractivity contribution in [2.45, 2.75) is 75.7 Å². The van der Waals surface area contributed by atoms with Gasteiger partial charge in [-0.15, -0.1) is 0 Å². The van der Waals surface area contributed by atoms with Crippen molar-refractivity contribution in [2.75, 3.05) is 31.2 Å². The molecular formula is C37H44N4O7. The lowest BCUT2D eigenvalue weighted by Crippen LogP contribution is -2.57. The number of benzene rings is 3. The molecule has 3 aromatic carbocycles. The fraction of sp³-hybridized carbons (Fsp3) is 0.432. The number of carboxylic acid groups (broad SMARTS) is 1. The molecule has 0 aromatic heterocycles. The molecule has 3 aliphatic rings. The first-order valence-corrected chi connectivity index (χ1v) is 16.7. The Bertz CT molecular complexity index is 1540. The maximum absolute atomic E-state index is 13.2. The van der Waals surface area contributed by atoms with Crippen LogP contribution in [0.15, 0.2) is 78.9 Å². The molecule has 0 radical (unpaired) electrons. The Morgan fingerprint density at radius 1 is 0.896 bits per heavy atom. The van der Waals surface area contributed by atoms with Crippen LogP contribution in [0, 0.1) is 0 Å². The average molecular weight is 657 g/mol. The van der Waals surface area contributed by atoms with Crippen molar-refractivity contribution in [3.8, 4) is 0 Å². The summed E-state index contributed by atoms with van der Waals surface area (Å²) in [7, 11) is 0. The van der Waals surface area contributed by atoms with E-state index in [1.54, 1.807) is 0 Å². The van der Waals surface area contributed by atoms with Crippen molar-refractivity contribution in [1.29, 1.82) is 0 Å². The summed E-state index contributed by atoms with van der Waals surface area (Å²) in [5, 5.41) is 24.3. The number of piperidine rings is 1. The molecule has 2 amide bonds. The molecule has 6 rings (SSSR count). The van der Waals surface area contributed by atoms with E-state index < -0.39 is 17.8 Å². The summed E-state index contributed by atoms with van der Waals surface area (Å²) in [6.45, 7) is 3.09. The Morgan fingerprint density at radius 3 is 2.27 bits per heavy atom. The summed E-state index contributed by atoms with van der Waals surface area (Å²) in [4.78, 5) is 40.6. The smallest absolute Gasteiger partial charge is 0.303 e. The SMILES string of the molecule is O=C(O)CCCC(=O)NCc1ccc([C@H]2O[C@@H](CN3CCC4(CC3)C(=O)NCN4c3ccccc3)C[C@@H](c3ccc(CO)cc3)O2)cc1. The number of aliphatic hydroxyl groups is 1. The third-order valence-electron chi connectivity index (χ3n) is 9.70. The number of hydrogen-bond acceptors (Lipinski definition) is 8. The number of amides is 2. The number of rotatable bonds is 12. The first-order chi connectivity index (χ1) is 23.3. The van der Waals surface area contributed by atoms with Gasteiger partial charge in [0, 0.05) is 56.7 Å². The molecule has 11 nitrogen and oxygen atoms in total. The van der Waals surface area contributed by atoms with Gasteiger partial charge in [-0.2, -0.15) is 0 Å². The van der Waals surface area contributed by atoms with Gasteiger partial charge in [-0.3, -0.25) is 14.4 Å². The van der Waals surface area contributed by atoms with E-state index in [2.05, 4.69) is 32.6 Å². The van der Waals surface area contributed by atoms with Gasteiger partial charge in [0.15, 0.2) is 6.29 Å². The highest BCUT2D eigenvalue weighted by molar-refractivity contribution is 5.93. The van der Waals surface area contributed by atoms with E-state index in [9.17, 15) is 19.5 Å². The maximum atomic E-state index is 13.2. The zero-order valence-corrected chi connectivity index (χ0v) is 27.1. The number of carbonyl (C=O) groups excluding carboxylic acids is 2. The van der Waals surface area contributed by atoms with Crippen LogP contribution in [0.2, 0.25) is 0 Å². The summed E-state index contributed by atoms with van der Waals surface area (Å²) in [6.07, 6.45) is 1.64. The lowest BCUT2D eigenvalue weighted by molar-refractivity contribution is -0.253. The monoisotopic (exact) mass is 656 g/mol. The predicted molar refractivity (Wildman–Crippen MR) is 179 cm³/mol. The molecule has 0 aliphatic carbocycles. The Balaban J connectivity index is 1.11. The molecule has 11 heteroatoms. The Hall–Kier alpha value is -4.29. The van der Waals surface area contributed by atoms with Crippen molar-refractivity contribution in [3.05, 3.63) is 101 Å². The van der Waals surface area contributed by atoms with Crippen LogP contribution in [0.3, 0.4) is 0 Å². The van der Waals surface area contributed by atoms with Gasteiger partial charge in [0.2, 0.25) is 11.8 Å². The van der Waals surface area contributed by atoms with Gasteiger partial charge in [-0.1, -0.05) is 66.7 Å². The minimum atomic E-state index is -0.908. The second kappa shape index (κ2) is 15.3. The summed E-state index contributed by atoms with van der Waals surface area (Å²) in [5.74, 6) is -0.988. The fourth-order valence-electron chi connectivity index (χ4n) is 6.94. The standard InChI is InChI=1S/C37H44N4O7/c42-24-27-11-13-28(14-12-27)32-21-31(23-40-19-17-37(18-20-40)36(46)39-25-41(37)30-5-2-1-3-6-30)47-35(48-32)29-15-9-26(10-16-29)22-38-33(43)7-4-8-34(44)45/h1-3,5-6,9-16,31-32,35,42H,4,7-8,17-25H2,(H,38,43)(H,39,46)(H,44,45)/t31-,32+,35+/m1/s1. The lowest BCUT2D eigenvalue weighted by Gasteiger charge is -2.45. The highest BCUT2D eigenvalue weighted by Crippen LogP contribution is 2.40. The van der Waals surface area contributed by atoms with E-state index >= 15 is 0 Å². The van der Waals surface area contributed by atoms with Crippen molar-refractivity contribution in [1.82, 2.24) is 15.5 Å². The second-order valence-corrected chi connectivity index (χ2v) is 12.9. The molecule has 0 unspecified atom stereocenters. The molecular weight excluding hydrogens is 612 g/mol. The highest BCUT2D eigenvalue weighted by Gasteiger charge is 2.50. The molecule has 4 N–H and O–H groups in total. The summed E-state index contributed by atoms with van der Waals surface area (Å²) in [6, 6.07) is 25.7. The summed E-state index contributed by atoms with van der Waals surface area (Å²) in [5.41, 5.74) is 4.15. The number of carboxylic acids is 1. The van der Waals surface area contributed by atoms with Crippen LogP contribution in [0.25, 0.3) is 0 Å². The molecule has 3 aromatic rings. The van der Waals surface area contributed by atoms with Crippen molar-refractivity contribution >= 4 is 23.5 Å². The molecule has 0 bridgehead atoms. The van der Waals surface area contributed by atoms with E-state index in [4.69, 9.17) is 14.6 Å². The van der Waals surface area contributed by atoms with Crippen molar-refractivity contribution < 1.29 is 34.1 Å². The first kappa shape index (κ1) is 33.6. The summed E-state index contributed by atoms with van der Waals surface area (Å²) < 4.78 is 13.1. The van der Waals surface area contributed by atoms with E-state index in [0.29, 0.717) is 32.6 Å². The maximum Gasteiger partial charge on any atom is 0.303 e. The van der Waals surface area contributed by atoms with Crippen LogP contribution in [0.1, 0.15) is 73.2 Å². The molecule has 3 fully saturated rings. The van der Waals surface area contributed by atoms with Crippen LogP contribution >= 0.6 is 0 Å². The van der Waals surface area contributed by atoms with Crippen LogP contribution < -0.4 is 15.5 Å². The topological polar surface area (TPSA) is 141 Å². The number of anilines is 1. The van der Waals surface area contributed by atoms with Crippen LogP contribution in [0.5, 0.6) is 0 Å². The largest absolute Gasteiger partial charge is 0.481 e. The van der Waals surface area contributed by atoms with Gasteiger partial charge in [-0.25, -0.2) is 0 Å². The molecule has 3 heterocycles. The zero-order chi connectivity index (χ0) is 33.5. The van der Waals surface area contributed by atoms with Gasteiger partial charge >= 0.3 is 5.97 Å². The number of aliphatic carboxylic acids is 1. The van der Waals surface area contributed by atoms with E-state index in [0.717, 1.165) is 53.9 Å². The quantitative estimate of drug-likeness (QED) is 0.228. The first-order valence-electron chi connectivity index (χ1n) is 16.7. The van der Waals surface area contributed by atoms with Crippen LogP contribution in [0.4, 0.5) is 5.69 Å². The lowest BCUT2D eigenvalue weighted by atomic mass is 9.85. The highest BCUT2D eigenvalue weighted by atomic mass is 16.7. The van der Waals surface area contributed by atoms with E-state index in [1.807, 2.05) is 66.7 Å². The Labute approximate surface area is 280 Å².